The van der Waals surface area contributed by atoms with E-state index in [0.717, 1.165) is 6.42 Å². The van der Waals surface area contributed by atoms with Crippen molar-refractivity contribution in [3.05, 3.63) is 12.2 Å². The molecular weight excluding hydrogens is 220 g/mol. The van der Waals surface area contributed by atoms with Crippen LogP contribution in [0.3, 0.4) is 0 Å². The van der Waals surface area contributed by atoms with E-state index >= 15 is 0 Å². The van der Waals surface area contributed by atoms with Crippen LogP contribution in [-0.2, 0) is 14.3 Å². The van der Waals surface area contributed by atoms with Crippen LogP contribution in [0.4, 0.5) is 0 Å². The van der Waals surface area contributed by atoms with Crippen molar-refractivity contribution in [3.63, 3.8) is 0 Å². The summed E-state index contributed by atoms with van der Waals surface area (Å²) in [6, 6.07) is 2.45. The number of rotatable bonds is 8. The van der Waals surface area contributed by atoms with E-state index in [2.05, 4.69) is 20.4 Å². The van der Waals surface area contributed by atoms with Crippen molar-refractivity contribution in [1.82, 2.24) is 0 Å². The second kappa shape index (κ2) is 8.53. The van der Waals surface area contributed by atoms with Crippen molar-refractivity contribution in [2.45, 2.75) is 45.0 Å². The molecule has 0 aromatic carbocycles. The lowest BCUT2D eigenvalue weighted by atomic mass is 10.4. The Morgan fingerprint density at radius 3 is 2.31 bits per heavy atom. The van der Waals surface area contributed by atoms with Gasteiger partial charge in [-0.25, -0.2) is 4.79 Å². The minimum atomic E-state index is -0.831. The summed E-state index contributed by atoms with van der Waals surface area (Å²) in [7, 11) is 0.916. The minimum Gasteiger partial charge on any atom is -0.462 e. The number of carbonyl (C=O) groups is 1. The lowest BCUT2D eigenvalue weighted by Crippen LogP contribution is -2.32. The summed E-state index contributed by atoms with van der Waals surface area (Å²) < 4.78 is 10.6. The second-order valence-electron chi connectivity index (χ2n) is 4.06. The first-order chi connectivity index (χ1) is 7.56. The molecule has 0 heterocycles. The highest BCUT2D eigenvalue weighted by Crippen LogP contribution is 2.11. The lowest BCUT2D eigenvalue weighted by molar-refractivity contribution is -0.139. The summed E-state index contributed by atoms with van der Waals surface area (Å²) in [6.07, 6.45) is 0.814. The van der Waals surface area contributed by atoms with Crippen LogP contribution < -0.4 is 0 Å². The van der Waals surface area contributed by atoms with Gasteiger partial charge in [-0.15, -0.1) is 0 Å². The first-order valence-electron chi connectivity index (χ1n) is 5.92. The van der Waals surface area contributed by atoms with Gasteiger partial charge in [-0.05, 0) is 6.92 Å². The van der Waals surface area contributed by atoms with Gasteiger partial charge in [0.25, 0.3) is 0 Å². The zero-order valence-corrected chi connectivity index (χ0v) is 12.1. The molecule has 3 nitrogen and oxygen atoms in total. The van der Waals surface area contributed by atoms with Gasteiger partial charge < -0.3 is 9.47 Å². The molecule has 16 heavy (non-hydrogen) atoms. The largest absolute Gasteiger partial charge is 0.462 e. The summed E-state index contributed by atoms with van der Waals surface area (Å²) in [5.41, 5.74) is 0.765. The fraction of sp³-hybridized carbons (Fsp3) is 0.750. The molecular formula is C12H24O3Si. The van der Waals surface area contributed by atoms with Crippen molar-refractivity contribution >= 4 is 14.8 Å². The highest BCUT2D eigenvalue weighted by molar-refractivity contribution is 6.60. The molecule has 0 saturated heterocycles. The average Bonchev–Trinajstić information content (AvgIpc) is 2.27. The number of esters is 1. The Kier molecular flexibility index (Phi) is 8.20. The molecule has 0 N–H and O–H groups in total. The van der Waals surface area contributed by atoms with E-state index < -0.39 is 8.80 Å². The van der Waals surface area contributed by atoms with Crippen molar-refractivity contribution in [2.75, 3.05) is 13.7 Å². The van der Waals surface area contributed by atoms with E-state index in [9.17, 15) is 4.79 Å². The number of carbonyl (C=O) groups excluding carboxylic acids is 1. The van der Waals surface area contributed by atoms with E-state index in [4.69, 9.17) is 9.47 Å². The summed E-state index contributed by atoms with van der Waals surface area (Å²) in [5, 5.41) is 0. The Hall–Kier alpha value is -0.613. The zero-order valence-electron chi connectivity index (χ0n) is 10.9. The van der Waals surface area contributed by atoms with Gasteiger partial charge in [0, 0.05) is 24.8 Å². The molecule has 0 aliphatic carbocycles. The van der Waals surface area contributed by atoms with Gasteiger partial charge in [0.2, 0.25) is 0 Å². The van der Waals surface area contributed by atoms with E-state index in [1.807, 2.05) is 0 Å². The van der Waals surface area contributed by atoms with Crippen LogP contribution in [0.2, 0.25) is 12.1 Å². The van der Waals surface area contributed by atoms with Gasteiger partial charge in [0.05, 0.1) is 15.4 Å². The van der Waals surface area contributed by atoms with E-state index in [1.165, 1.54) is 12.1 Å². The monoisotopic (exact) mass is 244 g/mol. The quantitative estimate of drug-likeness (QED) is 0.373. The Morgan fingerprint density at radius 2 is 1.94 bits per heavy atom. The molecule has 0 radical (unpaired) electrons. The maximum Gasteiger partial charge on any atom is 0.333 e. The standard InChI is InChI=1S/C12H24O3Si/c1-6-16(7-2)11(14-5)8-9-15-12(13)10(3)4/h11,16H,3,6-9H2,1-2,4-5H3. The Bertz CT molecular complexity index is 224. The Morgan fingerprint density at radius 1 is 1.38 bits per heavy atom. The number of hydrogen-bond acceptors (Lipinski definition) is 3. The second-order valence-corrected chi connectivity index (χ2v) is 7.95. The third-order valence-electron chi connectivity index (χ3n) is 2.86. The fourth-order valence-electron chi connectivity index (χ4n) is 1.75. The maximum atomic E-state index is 11.2. The minimum absolute atomic E-state index is 0.305. The molecule has 0 saturated carbocycles. The molecule has 0 aromatic rings. The molecule has 4 heteroatoms. The normalized spacial score (nSPS) is 12.6. The van der Waals surface area contributed by atoms with Gasteiger partial charge in [-0.2, -0.15) is 0 Å². The average molecular weight is 244 g/mol. The van der Waals surface area contributed by atoms with Gasteiger partial charge in [-0.1, -0.05) is 32.5 Å². The molecule has 1 unspecified atom stereocenters. The topological polar surface area (TPSA) is 35.5 Å². The molecule has 0 rings (SSSR count). The highest BCUT2D eigenvalue weighted by Gasteiger charge is 2.19. The van der Waals surface area contributed by atoms with Gasteiger partial charge in [0.15, 0.2) is 0 Å². The molecule has 0 aliphatic rings. The molecule has 0 spiro atoms. The third kappa shape index (κ3) is 5.46. The van der Waals surface area contributed by atoms with Crippen molar-refractivity contribution < 1.29 is 14.3 Å². The number of methoxy groups -OCH3 is 1. The Labute approximate surface area is 100 Å². The van der Waals surface area contributed by atoms with E-state index in [1.54, 1.807) is 14.0 Å². The predicted molar refractivity (Wildman–Crippen MR) is 69.3 cm³/mol. The van der Waals surface area contributed by atoms with Crippen LogP contribution in [0, 0.1) is 0 Å². The maximum absolute atomic E-state index is 11.2. The molecule has 0 bridgehead atoms. The van der Waals surface area contributed by atoms with Gasteiger partial charge >= 0.3 is 5.97 Å². The summed E-state index contributed by atoms with van der Waals surface area (Å²) in [4.78, 5) is 11.2. The first-order valence-corrected chi connectivity index (χ1v) is 8.22. The van der Waals surface area contributed by atoms with Crippen molar-refractivity contribution in [3.8, 4) is 0 Å². The van der Waals surface area contributed by atoms with Crippen LogP contribution >= 0.6 is 0 Å². The number of hydrogen-bond donors (Lipinski definition) is 0. The summed E-state index contributed by atoms with van der Waals surface area (Å²) in [6.45, 7) is 10.1. The van der Waals surface area contributed by atoms with Crippen LogP contribution in [0.25, 0.3) is 0 Å². The van der Waals surface area contributed by atoms with Crippen molar-refractivity contribution in [1.29, 1.82) is 0 Å². The highest BCUT2D eigenvalue weighted by atomic mass is 28.3. The summed E-state index contributed by atoms with van der Waals surface area (Å²) in [5.74, 6) is -0.305. The Balaban J connectivity index is 3.96. The lowest BCUT2D eigenvalue weighted by Gasteiger charge is -2.22. The fourth-order valence-corrected chi connectivity index (χ4v) is 4.37. The molecule has 0 fully saturated rings. The van der Waals surface area contributed by atoms with Crippen LogP contribution in [-0.4, -0.2) is 34.2 Å². The number of ether oxygens (including phenoxy) is 2. The van der Waals surface area contributed by atoms with Crippen LogP contribution in [0.15, 0.2) is 12.2 Å². The van der Waals surface area contributed by atoms with Crippen LogP contribution in [0.1, 0.15) is 27.2 Å². The van der Waals surface area contributed by atoms with Crippen molar-refractivity contribution in [2.24, 2.45) is 0 Å². The zero-order chi connectivity index (χ0) is 12.6. The van der Waals surface area contributed by atoms with Crippen LogP contribution in [0.5, 0.6) is 0 Å². The molecule has 0 aromatic heterocycles. The van der Waals surface area contributed by atoms with E-state index in [-0.39, 0.29) is 5.97 Å². The van der Waals surface area contributed by atoms with Gasteiger partial charge in [-0.3, -0.25) is 0 Å². The smallest absolute Gasteiger partial charge is 0.333 e. The first kappa shape index (κ1) is 15.4. The SMILES string of the molecule is C=C(C)C(=O)OCCC(OC)[SiH](CC)CC. The molecule has 0 aliphatic heterocycles. The van der Waals surface area contributed by atoms with Gasteiger partial charge in [0.1, 0.15) is 0 Å². The molecule has 1 atom stereocenters. The predicted octanol–water partition coefficient (Wildman–Crippen LogP) is 2.32. The third-order valence-corrected chi connectivity index (χ3v) is 6.62. The van der Waals surface area contributed by atoms with E-state index in [0.29, 0.717) is 17.9 Å². The summed E-state index contributed by atoms with van der Waals surface area (Å²) >= 11 is 0. The molecule has 94 valence electrons. The molecule has 0 amide bonds.